The van der Waals surface area contributed by atoms with Crippen LogP contribution in [0.25, 0.3) is 0 Å². The van der Waals surface area contributed by atoms with Gasteiger partial charge in [0.2, 0.25) is 0 Å². The summed E-state index contributed by atoms with van der Waals surface area (Å²) in [6, 6.07) is 5.65. The fourth-order valence-corrected chi connectivity index (χ4v) is 1.58. The molecule has 0 bridgehead atoms. The SMILES string of the molecule is CCCNCc1ccc(OC)c(OC(C)C(N)=O)c1. The van der Waals surface area contributed by atoms with E-state index >= 15 is 0 Å². The van der Waals surface area contributed by atoms with Crippen LogP contribution in [0.4, 0.5) is 0 Å². The summed E-state index contributed by atoms with van der Waals surface area (Å²) < 4.78 is 10.7. The Bertz CT molecular complexity index is 421. The predicted molar refractivity (Wildman–Crippen MR) is 74.3 cm³/mol. The zero-order chi connectivity index (χ0) is 14.3. The number of ether oxygens (including phenoxy) is 2. The van der Waals surface area contributed by atoms with Crippen LogP contribution in [0, 0.1) is 0 Å². The summed E-state index contributed by atoms with van der Waals surface area (Å²) in [5.74, 6) is 0.619. The van der Waals surface area contributed by atoms with Crippen molar-refractivity contribution in [2.45, 2.75) is 32.9 Å². The average Bonchev–Trinajstić information content (AvgIpc) is 2.39. The third kappa shape index (κ3) is 4.79. The van der Waals surface area contributed by atoms with Gasteiger partial charge in [-0.15, -0.1) is 0 Å². The number of amides is 1. The number of hydrogen-bond donors (Lipinski definition) is 2. The minimum absolute atomic E-state index is 0.503. The van der Waals surface area contributed by atoms with Crippen LogP contribution < -0.4 is 20.5 Å². The molecule has 0 saturated carbocycles. The lowest BCUT2D eigenvalue weighted by molar-refractivity contribution is -0.124. The summed E-state index contributed by atoms with van der Waals surface area (Å²) in [5, 5.41) is 3.30. The van der Waals surface area contributed by atoms with Crippen LogP contribution in [0.15, 0.2) is 18.2 Å². The van der Waals surface area contributed by atoms with Gasteiger partial charge in [-0.3, -0.25) is 4.79 Å². The summed E-state index contributed by atoms with van der Waals surface area (Å²) >= 11 is 0. The molecule has 0 aromatic heterocycles. The van der Waals surface area contributed by atoms with E-state index in [0.717, 1.165) is 25.1 Å². The summed E-state index contributed by atoms with van der Waals surface area (Å²) in [6.07, 6.45) is 0.394. The molecule has 1 amide bonds. The van der Waals surface area contributed by atoms with E-state index in [0.29, 0.717) is 11.5 Å². The van der Waals surface area contributed by atoms with Gasteiger partial charge in [-0.05, 0) is 37.6 Å². The molecule has 5 heteroatoms. The molecule has 106 valence electrons. The van der Waals surface area contributed by atoms with Crippen LogP contribution >= 0.6 is 0 Å². The molecule has 19 heavy (non-hydrogen) atoms. The number of primary amides is 1. The highest BCUT2D eigenvalue weighted by Gasteiger charge is 2.14. The van der Waals surface area contributed by atoms with Gasteiger partial charge in [0.25, 0.3) is 5.91 Å². The molecule has 0 aliphatic carbocycles. The average molecular weight is 266 g/mol. The number of carbonyl (C=O) groups excluding carboxylic acids is 1. The van der Waals surface area contributed by atoms with E-state index in [1.54, 1.807) is 14.0 Å². The van der Waals surface area contributed by atoms with Crippen molar-refractivity contribution >= 4 is 5.91 Å². The van der Waals surface area contributed by atoms with Gasteiger partial charge < -0.3 is 20.5 Å². The number of carbonyl (C=O) groups is 1. The largest absolute Gasteiger partial charge is 0.493 e. The summed E-state index contributed by atoms with van der Waals surface area (Å²) in [7, 11) is 1.56. The van der Waals surface area contributed by atoms with Crippen molar-refractivity contribution < 1.29 is 14.3 Å². The molecule has 0 spiro atoms. The minimum Gasteiger partial charge on any atom is -0.493 e. The number of nitrogens with two attached hydrogens (primary N) is 1. The molecular weight excluding hydrogens is 244 g/mol. The van der Waals surface area contributed by atoms with E-state index in [4.69, 9.17) is 15.2 Å². The van der Waals surface area contributed by atoms with Crippen LogP contribution in [-0.2, 0) is 11.3 Å². The normalized spacial score (nSPS) is 11.9. The van der Waals surface area contributed by atoms with Gasteiger partial charge in [0.1, 0.15) is 0 Å². The van der Waals surface area contributed by atoms with Gasteiger partial charge in [-0.2, -0.15) is 0 Å². The lowest BCUT2D eigenvalue weighted by atomic mass is 10.2. The van der Waals surface area contributed by atoms with Crippen molar-refractivity contribution in [3.8, 4) is 11.5 Å². The summed E-state index contributed by atoms with van der Waals surface area (Å²) in [4.78, 5) is 11.0. The second-order valence-corrected chi connectivity index (χ2v) is 4.32. The highest BCUT2D eigenvalue weighted by molar-refractivity contribution is 5.78. The molecule has 0 heterocycles. The van der Waals surface area contributed by atoms with Gasteiger partial charge in [0.15, 0.2) is 17.6 Å². The van der Waals surface area contributed by atoms with E-state index < -0.39 is 12.0 Å². The monoisotopic (exact) mass is 266 g/mol. The Morgan fingerprint density at radius 2 is 2.16 bits per heavy atom. The predicted octanol–water partition coefficient (Wildman–Crippen LogP) is 1.45. The minimum atomic E-state index is -0.687. The second kappa shape index (κ2) is 7.63. The fraction of sp³-hybridized carbons (Fsp3) is 0.500. The van der Waals surface area contributed by atoms with Crippen LogP contribution in [-0.4, -0.2) is 25.7 Å². The first-order valence-corrected chi connectivity index (χ1v) is 6.42. The third-order valence-corrected chi connectivity index (χ3v) is 2.69. The van der Waals surface area contributed by atoms with E-state index in [1.807, 2.05) is 18.2 Å². The van der Waals surface area contributed by atoms with E-state index in [2.05, 4.69) is 12.2 Å². The first-order valence-electron chi connectivity index (χ1n) is 6.42. The summed E-state index contributed by atoms with van der Waals surface area (Å²) in [5.41, 5.74) is 6.26. The molecule has 1 aromatic rings. The number of rotatable bonds is 8. The van der Waals surface area contributed by atoms with E-state index in [1.165, 1.54) is 0 Å². The number of nitrogens with one attached hydrogen (secondary N) is 1. The third-order valence-electron chi connectivity index (χ3n) is 2.69. The maximum Gasteiger partial charge on any atom is 0.258 e. The maximum atomic E-state index is 11.0. The zero-order valence-electron chi connectivity index (χ0n) is 11.7. The Labute approximate surface area is 114 Å². The van der Waals surface area contributed by atoms with Crippen LogP contribution in [0.1, 0.15) is 25.8 Å². The Morgan fingerprint density at radius 1 is 1.42 bits per heavy atom. The van der Waals surface area contributed by atoms with Gasteiger partial charge in [0.05, 0.1) is 7.11 Å². The standard InChI is InChI=1S/C14H22N2O3/c1-4-7-16-9-11-5-6-12(18-3)13(8-11)19-10(2)14(15)17/h5-6,8,10,16H,4,7,9H2,1-3H3,(H2,15,17). The molecule has 0 fully saturated rings. The highest BCUT2D eigenvalue weighted by atomic mass is 16.5. The van der Waals surface area contributed by atoms with Crippen molar-refractivity contribution in [3.63, 3.8) is 0 Å². The second-order valence-electron chi connectivity index (χ2n) is 4.32. The Hall–Kier alpha value is -1.75. The Kier molecular flexibility index (Phi) is 6.15. The molecule has 1 unspecified atom stereocenters. The fourth-order valence-electron chi connectivity index (χ4n) is 1.58. The van der Waals surface area contributed by atoms with Gasteiger partial charge in [0, 0.05) is 6.54 Å². The summed E-state index contributed by atoms with van der Waals surface area (Å²) in [6.45, 7) is 5.44. The van der Waals surface area contributed by atoms with Gasteiger partial charge >= 0.3 is 0 Å². The molecule has 1 atom stereocenters. The van der Waals surface area contributed by atoms with Crippen molar-refractivity contribution in [2.75, 3.05) is 13.7 Å². The van der Waals surface area contributed by atoms with Crippen LogP contribution in [0.5, 0.6) is 11.5 Å². The quantitative estimate of drug-likeness (QED) is 0.698. The molecule has 5 nitrogen and oxygen atoms in total. The van der Waals surface area contributed by atoms with Crippen molar-refractivity contribution in [3.05, 3.63) is 23.8 Å². The molecule has 0 aliphatic rings. The number of benzene rings is 1. The highest BCUT2D eigenvalue weighted by Crippen LogP contribution is 2.28. The first-order chi connectivity index (χ1) is 9.08. The topological polar surface area (TPSA) is 73.6 Å². The van der Waals surface area contributed by atoms with E-state index in [-0.39, 0.29) is 0 Å². The number of methoxy groups -OCH3 is 1. The zero-order valence-corrected chi connectivity index (χ0v) is 11.7. The molecule has 3 N–H and O–H groups in total. The smallest absolute Gasteiger partial charge is 0.258 e. The maximum absolute atomic E-state index is 11.0. The molecular formula is C14H22N2O3. The number of hydrogen-bond acceptors (Lipinski definition) is 4. The van der Waals surface area contributed by atoms with Crippen molar-refractivity contribution in [1.82, 2.24) is 5.32 Å². The molecule has 1 rings (SSSR count). The Morgan fingerprint density at radius 3 is 2.74 bits per heavy atom. The van der Waals surface area contributed by atoms with Crippen LogP contribution in [0.2, 0.25) is 0 Å². The van der Waals surface area contributed by atoms with Gasteiger partial charge in [-0.1, -0.05) is 13.0 Å². The van der Waals surface area contributed by atoms with Crippen LogP contribution in [0.3, 0.4) is 0 Å². The first kappa shape index (κ1) is 15.3. The molecule has 0 aliphatic heterocycles. The lowest BCUT2D eigenvalue weighted by Crippen LogP contribution is -2.30. The van der Waals surface area contributed by atoms with Crippen molar-refractivity contribution in [2.24, 2.45) is 5.73 Å². The lowest BCUT2D eigenvalue weighted by Gasteiger charge is -2.15. The van der Waals surface area contributed by atoms with E-state index in [9.17, 15) is 4.79 Å². The molecule has 0 radical (unpaired) electrons. The van der Waals surface area contributed by atoms with Crippen molar-refractivity contribution in [1.29, 1.82) is 0 Å². The molecule has 0 saturated heterocycles. The molecule has 1 aromatic carbocycles. The Balaban J connectivity index is 2.80. The van der Waals surface area contributed by atoms with Gasteiger partial charge in [-0.25, -0.2) is 0 Å².